The molecular formula is C20H19FN8O2. The molecule has 4 heterocycles. The van der Waals surface area contributed by atoms with Gasteiger partial charge in [-0.05, 0) is 30.3 Å². The summed E-state index contributed by atoms with van der Waals surface area (Å²) in [5.74, 6) is 0.299. The number of halogens is 1. The molecule has 1 amide bonds. The van der Waals surface area contributed by atoms with E-state index in [2.05, 4.69) is 25.8 Å². The number of anilines is 2. The molecule has 0 saturated carbocycles. The van der Waals surface area contributed by atoms with Crippen molar-refractivity contribution < 1.29 is 13.9 Å². The first-order chi connectivity index (χ1) is 15.2. The third-order valence-electron chi connectivity index (χ3n) is 5.11. The highest BCUT2D eigenvalue weighted by molar-refractivity contribution is 5.90. The molecule has 158 valence electrons. The van der Waals surface area contributed by atoms with Crippen LogP contribution in [0.1, 0.15) is 0 Å². The van der Waals surface area contributed by atoms with Crippen molar-refractivity contribution in [2.75, 3.05) is 29.4 Å². The number of hydrogen-bond donors (Lipinski definition) is 1. The number of aromatic nitrogens is 4. The number of nitrogens with one attached hydrogen (secondary N) is 1. The Bertz CT molecular complexity index is 1100. The maximum Gasteiger partial charge on any atom is 0.414 e. The number of hydrazone groups is 1. The molecule has 0 radical (unpaired) electrons. The minimum atomic E-state index is -0.513. The maximum atomic E-state index is 14.9. The molecule has 1 aromatic carbocycles. The van der Waals surface area contributed by atoms with Gasteiger partial charge in [-0.2, -0.15) is 5.10 Å². The van der Waals surface area contributed by atoms with Crippen molar-refractivity contribution in [2.45, 2.75) is 12.6 Å². The molecule has 10 nitrogen and oxygen atoms in total. The molecule has 1 N–H and O–H groups in total. The van der Waals surface area contributed by atoms with Crippen LogP contribution in [0.25, 0.3) is 11.1 Å². The van der Waals surface area contributed by atoms with Crippen molar-refractivity contribution in [2.24, 2.45) is 5.10 Å². The average molecular weight is 422 g/mol. The largest absolute Gasteiger partial charge is 0.442 e. The molecule has 0 aliphatic carbocycles. The number of carbonyl (C=O) groups is 1. The molecule has 2 aromatic heterocycles. The predicted molar refractivity (Wildman–Crippen MR) is 111 cm³/mol. The van der Waals surface area contributed by atoms with Gasteiger partial charge in [-0.15, -0.1) is 5.10 Å². The highest BCUT2D eigenvalue weighted by atomic mass is 19.1. The summed E-state index contributed by atoms with van der Waals surface area (Å²) in [7, 11) is 0. The number of hydrogen-bond acceptors (Lipinski definition) is 8. The van der Waals surface area contributed by atoms with Crippen LogP contribution in [0.3, 0.4) is 0 Å². The van der Waals surface area contributed by atoms with Gasteiger partial charge in [-0.1, -0.05) is 5.21 Å². The Balaban J connectivity index is 1.31. The summed E-state index contributed by atoms with van der Waals surface area (Å²) in [5.41, 5.74) is 4.37. The van der Waals surface area contributed by atoms with Crippen molar-refractivity contribution in [1.29, 1.82) is 0 Å². The highest BCUT2D eigenvalue weighted by Gasteiger charge is 2.33. The lowest BCUT2D eigenvalue weighted by molar-refractivity contribution is 0.129. The summed E-state index contributed by atoms with van der Waals surface area (Å²) >= 11 is 0. The molecular weight excluding hydrogens is 403 g/mol. The van der Waals surface area contributed by atoms with Gasteiger partial charge in [0.2, 0.25) is 0 Å². The summed E-state index contributed by atoms with van der Waals surface area (Å²) in [4.78, 5) is 20.0. The second kappa shape index (κ2) is 8.01. The second-order valence-corrected chi connectivity index (χ2v) is 7.16. The fourth-order valence-corrected chi connectivity index (χ4v) is 3.56. The number of cyclic esters (lactones) is 1. The fraction of sp³-hybridized carbons (Fsp3) is 0.250. The van der Waals surface area contributed by atoms with E-state index in [0.29, 0.717) is 29.9 Å². The second-order valence-electron chi connectivity index (χ2n) is 7.16. The van der Waals surface area contributed by atoms with Gasteiger partial charge >= 0.3 is 6.09 Å². The lowest BCUT2D eigenvalue weighted by Crippen LogP contribution is -2.35. The highest BCUT2D eigenvalue weighted by Crippen LogP contribution is 2.29. The van der Waals surface area contributed by atoms with E-state index < -0.39 is 11.9 Å². The predicted octanol–water partition coefficient (Wildman–Crippen LogP) is 1.86. The van der Waals surface area contributed by atoms with E-state index in [1.165, 1.54) is 11.0 Å². The smallest absolute Gasteiger partial charge is 0.414 e. The number of pyridine rings is 1. The minimum absolute atomic E-state index is 0.306. The zero-order valence-electron chi connectivity index (χ0n) is 16.4. The first-order valence-corrected chi connectivity index (χ1v) is 9.78. The van der Waals surface area contributed by atoms with Gasteiger partial charge in [0.25, 0.3) is 0 Å². The van der Waals surface area contributed by atoms with Crippen molar-refractivity contribution in [3.05, 3.63) is 54.7 Å². The SMILES string of the molecule is O=C1O[C@@H](Cn2ccnn2)CN1c1ccc(-c2ccc(N3C=NNCC3)nc2)c(F)c1. The molecule has 0 unspecified atom stereocenters. The van der Waals surface area contributed by atoms with Crippen LogP contribution < -0.4 is 15.2 Å². The van der Waals surface area contributed by atoms with Crippen LogP contribution in [-0.4, -0.2) is 58.1 Å². The van der Waals surface area contributed by atoms with Gasteiger partial charge in [0.15, 0.2) is 0 Å². The number of nitrogens with zero attached hydrogens (tertiary/aromatic N) is 7. The van der Waals surface area contributed by atoms with E-state index in [0.717, 1.165) is 18.9 Å². The Morgan fingerprint density at radius 1 is 1.26 bits per heavy atom. The summed E-state index contributed by atoms with van der Waals surface area (Å²) in [5, 5.41) is 11.6. The monoisotopic (exact) mass is 422 g/mol. The Kier molecular flexibility index (Phi) is 4.90. The number of rotatable bonds is 5. The van der Waals surface area contributed by atoms with Gasteiger partial charge in [0.1, 0.15) is 24.1 Å². The van der Waals surface area contributed by atoms with Gasteiger partial charge in [0, 0.05) is 30.1 Å². The molecule has 31 heavy (non-hydrogen) atoms. The standard InChI is InChI=1S/C20H19FN8O2/c21-18-9-15(29-12-16(31-20(29)30)11-28-8-6-24-26-28)2-3-17(18)14-1-4-19(22-10-14)27-7-5-23-25-13-27/h1-4,6,8-10,13,16,23H,5,7,11-12H2/t16-/m0/s1. The molecule has 2 aliphatic heterocycles. The fourth-order valence-electron chi connectivity index (χ4n) is 3.56. The summed E-state index contributed by atoms with van der Waals surface area (Å²) in [6.45, 7) is 2.18. The first-order valence-electron chi connectivity index (χ1n) is 9.78. The first kappa shape index (κ1) is 19.0. The Labute approximate surface area is 176 Å². The molecule has 1 saturated heterocycles. The summed E-state index contributed by atoms with van der Waals surface area (Å²) in [6, 6.07) is 8.33. The van der Waals surface area contributed by atoms with Crippen LogP contribution in [-0.2, 0) is 11.3 Å². The third-order valence-corrected chi connectivity index (χ3v) is 5.11. The van der Waals surface area contributed by atoms with E-state index in [1.54, 1.807) is 41.7 Å². The van der Waals surface area contributed by atoms with Gasteiger partial charge in [-0.3, -0.25) is 4.90 Å². The minimum Gasteiger partial charge on any atom is -0.442 e. The molecule has 0 spiro atoms. The molecule has 11 heteroatoms. The normalized spacial score (nSPS) is 18.2. The van der Waals surface area contributed by atoms with Crippen LogP contribution in [0.4, 0.5) is 20.7 Å². The van der Waals surface area contributed by atoms with E-state index in [1.807, 2.05) is 17.0 Å². The van der Waals surface area contributed by atoms with Crippen molar-refractivity contribution in [3.8, 4) is 11.1 Å². The van der Waals surface area contributed by atoms with Crippen molar-refractivity contribution >= 4 is 23.9 Å². The summed E-state index contributed by atoms with van der Waals surface area (Å²) in [6.07, 6.45) is 5.65. The topological polar surface area (TPSA) is 101 Å². The van der Waals surface area contributed by atoms with Crippen molar-refractivity contribution in [3.63, 3.8) is 0 Å². The van der Waals surface area contributed by atoms with E-state index in [4.69, 9.17) is 4.74 Å². The molecule has 1 fully saturated rings. The molecule has 0 bridgehead atoms. The number of ether oxygens (including phenoxy) is 1. The van der Waals surface area contributed by atoms with E-state index >= 15 is 0 Å². The van der Waals surface area contributed by atoms with Gasteiger partial charge < -0.3 is 15.1 Å². The van der Waals surface area contributed by atoms with E-state index in [9.17, 15) is 9.18 Å². The van der Waals surface area contributed by atoms with Crippen LogP contribution in [0.2, 0.25) is 0 Å². The average Bonchev–Trinajstić information content (AvgIpc) is 3.44. The van der Waals surface area contributed by atoms with Crippen LogP contribution in [0, 0.1) is 5.82 Å². The quantitative estimate of drug-likeness (QED) is 0.670. The molecule has 1 atom stereocenters. The van der Waals surface area contributed by atoms with Gasteiger partial charge in [0.05, 0.1) is 31.5 Å². The number of amides is 1. The summed E-state index contributed by atoms with van der Waals surface area (Å²) < 4.78 is 21.9. The molecule has 3 aromatic rings. The van der Waals surface area contributed by atoms with Crippen LogP contribution >= 0.6 is 0 Å². The zero-order valence-corrected chi connectivity index (χ0v) is 16.4. The van der Waals surface area contributed by atoms with E-state index in [-0.39, 0.29) is 6.10 Å². The lowest BCUT2D eigenvalue weighted by Gasteiger charge is -2.21. The van der Waals surface area contributed by atoms with Crippen molar-refractivity contribution in [1.82, 2.24) is 25.4 Å². The third kappa shape index (κ3) is 3.89. The van der Waals surface area contributed by atoms with Gasteiger partial charge in [-0.25, -0.2) is 18.9 Å². The number of carbonyl (C=O) groups excluding carboxylic acids is 1. The zero-order chi connectivity index (χ0) is 21.2. The van der Waals surface area contributed by atoms with Crippen LogP contribution in [0.15, 0.2) is 54.0 Å². The van der Waals surface area contributed by atoms with Crippen LogP contribution in [0.5, 0.6) is 0 Å². The number of benzene rings is 1. The lowest BCUT2D eigenvalue weighted by atomic mass is 10.1. The molecule has 2 aliphatic rings. The molecule has 5 rings (SSSR count). The maximum absolute atomic E-state index is 14.9. The Morgan fingerprint density at radius 2 is 2.19 bits per heavy atom. The Hall–Kier alpha value is -4.02. The Morgan fingerprint density at radius 3 is 2.90 bits per heavy atom.